The Morgan fingerprint density at radius 1 is 1.11 bits per heavy atom. The number of rotatable bonds is 9. The molecule has 1 aromatic carbocycles. The number of hydrogen-bond donors (Lipinski definition) is 2. The van der Waals surface area contributed by atoms with E-state index >= 15 is 0 Å². The lowest BCUT2D eigenvalue weighted by atomic mass is 10.1. The van der Waals surface area contributed by atoms with Crippen LogP contribution in [-0.4, -0.2) is 44.0 Å². The Labute approximate surface area is 184 Å². The zero-order valence-electron chi connectivity index (χ0n) is 16.9. The molecular weight excluding hydrogens is 467 g/mol. The SMILES string of the molecule is CCCCNC(=NCc1ccc(C(=O)N(C)C)cc1)NCCc1ccco1.I. The molecule has 1 heterocycles. The van der Waals surface area contributed by atoms with Gasteiger partial charge in [-0.15, -0.1) is 24.0 Å². The minimum atomic E-state index is 0. The van der Waals surface area contributed by atoms with Gasteiger partial charge in [-0.3, -0.25) is 4.79 Å². The summed E-state index contributed by atoms with van der Waals surface area (Å²) in [4.78, 5) is 18.2. The first-order valence-electron chi connectivity index (χ1n) is 9.45. The van der Waals surface area contributed by atoms with E-state index in [1.807, 2.05) is 36.4 Å². The third kappa shape index (κ3) is 8.33. The maximum Gasteiger partial charge on any atom is 0.253 e. The monoisotopic (exact) mass is 498 g/mol. The Morgan fingerprint density at radius 2 is 1.82 bits per heavy atom. The summed E-state index contributed by atoms with van der Waals surface area (Å²) >= 11 is 0. The third-order valence-electron chi connectivity index (χ3n) is 4.09. The maximum atomic E-state index is 12.0. The van der Waals surface area contributed by atoms with E-state index in [1.165, 1.54) is 0 Å². The molecule has 7 heteroatoms. The summed E-state index contributed by atoms with van der Waals surface area (Å²) in [7, 11) is 3.51. The van der Waals surface area contributed by atoms with Gasteiger partial charge >= 0.3 is 0 Å². The average Bonchev–Trinajstić information content (AvgIpc) is 3.19. The fourth-order valence-corrected chi connectivity index (χ4v) is 2.50. The average molecular weight is 498 g/mol. The fourth-order valence-electron chi connectivity index (χ4n) is 2.50. The van der Waals surface area contributed by atoms with Crippen LogP contribution in [0.15, 0.2) is 52.1 Å². The highest BCUT2D eigenvalue weighted by Gasteiger charge is 2.07. The van der Waals surface area contributed by atoms with Crippen LogP contribution in [0.2, 0.25) is 0 Å². The van der Waals surface area contributed by atoms with Gasteiger partial charge in [-0.2, -0.15) is 0 Å². The van der Waals surface area contributed by atoms with Crippen LogP contribution in [0.1, 0.15) is 41.4 Å². The number of carbonyl (C=O) groups excluding carboxylic acids is 1. The predicted octanol–water partition coefficient (Wildman–Crippen LogP) is 3.68. The molecule has 0 fully saturated rings. The minimum Gasteiger partial charge on any atom is -0.469 e. The molecule has 0 aliphatic heterocycles. The lowest BCUT2D eigenvalue weighted by Gasteiger charge is -2.12. The van der Waals surface area contributed by atoms with Gasteiger partial charge in [0.25, 0.3) is 5.91 Å². The Hall–Kier alpha value is -2.03. The lowest BCUT2D eigenvalue weighted by Crippen LogP contribution is -2.38. The lowest BCUT2D eigenvalue weighted by molar-refractivity contribution is 0.0827. The molecule has 0 saturated carbocycles. The number of benzene rings is 1. The van der Waals surface area contributed by atoms with Gasteiger partial charge in [-0.1, -0.05) is 25.5 Å². The molecular formula is C21H31IN4O2. The van der Waals surface area contributed by atoms with Crippen LogP contribution < -0.4 is 10.6 Å². The first kappa shape index (κ1) is 24.0. The largest absolute Gasteiger partial charge is 0.469 e. The van der Waals surface area contributed by atoms with Crippen molar-refractivity contribution in [2.75, 3.05) is 27.2 Å². The van der Waals surface area contributed by atoms with Gasteiger partial charge in [0.1, 0.15) is 5.76 Å². The topological polar surface area (TPSA) is 69.9 Å². The summed E-state index contributed by atoms with van der Waals surface area (Å²) in [5.74, 6) is 1.76. The molecule has 0 aliphatic rings. The number of amides is 1. The number of halogens is 1. The zero-order chi connectivity index (χ0) is 19.5. The van der Waals surface area contributed by atoms with E-state index in [4.69, 9.17) is 4.42 Å². The molecule has 0 spiro atoms. The first-order chi connectivity index (χ1) is 13.1. The highest BCUT2D eigenvalue weighted by Crippen LogP contribution is 2.07. The van der Waals surface area contributed by atoms with Crippen LogP contribution in [0.3, 0.4) is 0 Å². The van der Waals surface area contributed by atoms with Gasteiger partial charge in [0.15, 0.2) is 5.96 Å². The zero-order valence-corrected chi connectivity index (χ0v) is 19.2. The Morgan fingerprint density at radius 3 is 2.43 bits per heavy atom. The van der Waals surface area contributed by atoms with Crippen molar-refractivity contribution in [3.8, 4) is 0 Å². The molecule has 0 saturated heterocycles. The molecule has 1 amide bonds. The van der Waals surface area contributed by atoms with Crippen molar-refractivity contribution in [3.63, 3.8) is 0 Å². The smallest absolute Gasteiger partial charge is 0.253 e. The van der Waals surface area contributed by atoms with Gasteiger partial charge < -0.3 is 20.0 Å². The van der Waals surface area contributed by atoms with E-state index in [1.54, 1.807) is 25.3 Å². The summed E-state index contributed by atoms with van der Waals surface area (Å²) in [6, 6.07) is 11.5. The molecule has 0 aliphatic carbocycles. The summed E-state index contributed by atoms with van der Waals surface area (Å²) in [6.45, 7) is 4.36. The molecule has 154 valence electrons. The van der Waals surface area contributed by atoms with Crippen molar-refractivity contribution < 1.29 is 9.21 Å². The van der Waals surface area contributed by atoms with Crippen molar-refractivity contribution >= 4 is 35.8 Å². The molecule has 2 aromatic rings. The van der Waals surface area contributed by atoms with Crippen molar-refractivity contribution in [1.29, 1.82) is 0 Å². The van der Waals surface area contributed by atoms with Crippen LogP contribution in [0.25, 0.3) is 0 Å². The summed E-state index contributed by atoms with van der Waals surface area (Å²) in [6.07, 6.45) is 4.73. The van der Waals surface area contributed by atoms with Crippen molar-refractivity contribution in [3.05, 3.63) is 59.5 Å². The molecule has 0 unspecified atom stereocenters. The molecule has 0 bridgehead atoms. The molecule has 2 N–H and O–H groups in total. The number of hydrogen-bond acceptors (Lipinski definition) is 3. The maximum absolute atomic E-state index is 12.0. The highest BCUT2D eigenvalue weighted by molar-refractivity contribution is 14.0. The quantitative estimate of drug-likeness (QED) is 0.240. The number of furan rings is 1. The normalized spacial score (nSPS) is 10.9. The highest BCUT2D eigenvalue weighted by atomic mass is 127. The van der Waals surface area contributed by atoms with Gasteiger partial charge in [0.2, 0.25) is 0 Å². The standard InChI is InChI=1S/C21H30N4O2.HI/c1-4-5-13-22-21(23-14-12-19-7-6-15-27-19)24-16-17-8-10-18(11-9-17)20(26)25(2)3;/h6-11,15H,4-5,12-14,16H2,1-3H3,(H2,22,23,24);1H. The Kier molecular flexibility index (Phi) is 11.3. The van der Waals surface area contributed by atoms with Crippen LogP contribution >= 0.6 is 24.0 Å². The molecule has 6 nitrogen and oxygen atoms in total. The number of guanidine groups is 1. The van der Waals surface area contributed by atoms with E-state index in [0.717, 1.165) is 49.6 Å². The number of nitrogens with one attached hydrogen (secondary N) is 2. The van der Waals surface area contributed by atoms with E-state index in [-0.39, 0.29) is 29.9 Å². The second kappa shape index (κ2) is 13.2. The van der Waals surface area contributed by atoms with Crippen molar-refractivity contribution in [1.82, 2.24) is 15.5 Å². The summed E-state index contributed by atoms with van der Waals surface area (Å²) in [5.41, 5.74) is 1.75. The van der Waals surface area contributed by atoms with Gasteiger partial charge in [0.05, 0.1) is 12.8 Å². The van der Waals surface area contributed by atoms with E-state index in [9.17, 15) is 4.79 Å². The van der Waals surface area contributed by atoms with Crippen LogP contribution in [0, 0.1) is 0 Å². The summed E-state index contributed by atoms with van der Waals surface area (Å²) < 4.78 is 5.36. The van der Waals surface area contributed by atoms with Crippen LogP contribution in [0.5, 0.6) is 0 Å². The minimum absolute atomic E-state index is 0. The van der Waals surface area contributed by atoms with Crippen LogP contribution in [-0.2, 0) is 13.0 Å². The fraction of sp³-hybridized carbons (Fsp3) is 0.429. The van der Waals surface area contributed by atoms with Crippen LogP contribution in [0.4, 0.5) is 0 Å². The van der Waals surface area contributed by atoms with Gasteiger partial charge in [-0.05, 0) is 36.2 Å². The molecule has 0 atom stereocenters. The van der Waals surface area contributed by atoms with Gasteiger partial charge in [0, 0.05) is 39.2 Å². The van der Waals surface area contributed by atoms with E-state index in [2.05, 4.69) is 22.5 Å². The molecule has 0 radical (unpaired) electrons. The number of unbranched alkanes of at least 4 members (excludes halogenated alkanes) is 1. The Balaban J connectivity index is 0.00000392. The Bertz CT molecular complexity index is 713. The number of aliphatic imine (C=N–C) groups is 1. The number of carbonyl (C=O) groups is 1. The van der Waals surface area contributed by atoms with E-state index in [0.29, 0.717) is 12.1 Å². The predicted molar refractivity (Wildman–Crippen MR) is 124 cm³/mol. The van der Waals surface area contributed by atoms with Crippen molar-refractivity contribution in [2.24, 2.45) is 4.99 Å². The molecule has 28 heavy (non-hydrogen) atoms. The molecule has 2 rings (SSSR count). The van der Waals surface area contributed by atoms with Gasteiger partial charge in [-0.25, -0.2) is 4.99 Å². The van der Waals surface area contributed by atoms with E-state index < -0.39 is 0 Å². The summed E-state index contributed by atoms with van der Waals surface area (Å²) in [5, 5.41) is 6.71. The third-order valence-corrected chi connectivity index (χ3v) is 4.09. The number of nitrogens with zero attached hydrogens (tertiary/aromatic N) is 2. The molecule has 1 aromatic heterocycles. The second-order valence-electron chi connectivity index (χ2n) is 6.60. The first-order valence-corrected chi connectivity index (χ1v) is 9.45. The van der Waals surface area contributed by atoms with Crippen molar-refractivity contribution in [2.45, 2.75) is 32.7 Å². The second-order valence-corrected chi connectivity index (χ2v) is 6.60.